The lowest BCUT2D eigenvalue weighted by Gasteiger charge is -1.93. The Morgan fingerprint density at radius 3 is 2.83 bits per heavy atom. The lowest BCUT2D eigenvalue weighted by atomic mass is 10.2. The first-order valence-corrected chi connectivity index (χ1v) is 4.90. The number of nitrogens with two attached hydrogens (primary N) is 1. The zero-order chi connectivity index (χ0) is 8.97. The van der Waals surface area contributed by atoms with Crippen LogP contribution in [0.1, 0.15) is 17.7 Å². The summed E-state index contributed by atoms with van der Waals surface area (Å²) in [5, 5.41) is 0. The van der Waals surface area contributed by atoms with Crippen molar-refractivity contribution in [3.63, 3.8) is 0 Å². The molecule has 0 aliphatic carbocycles. The van der Waals surface area contributed by atoms with Gasteiger partial charge in [0.05, 0.1) is 4.34 Å². The third kappa shape index (κ3) is 3.24. The van der Waals surface area contributed by atoms with Gasteiger partial charge in [-0.25, -0.2) is 0 Å². The van der Waals surface area contributed by atoms with Gasteiger partial charge >= 0.3 is 0 Å². The molecule has 0 radical (unpaired) electrons. The van der Waals surface area contributed by atoms with E-state index in [1.54, 1.807) is 11.3 Å². The molecular formula is C8H10ClNOS. The smallest absolute Gasteiger partial charge is 0.217 e. The van der Waals surface area contributed by atoms with Crippen LogP contribution in [-0.4, -0.2) is 5.91 Å². The predicted molar refractivity (Wildman–Crippen MR) is 51.5 cm³/mol. The van der Waals surface area contributed by atoms with E-state index in [2.05, 4.69) is 0 Å². The normalized spacial score (nSPS) is 10.1. The van der Waals surface area contributed by atoms with Crippen LogP contribution < -0.4 is 5.73 Å². The van der Waals surface area contributed by atoms with E-state index in [1.165, 1.54) is 4.88 Å². The molecule has 0 fully saturated rings. The molecule has 2 N–H and O–H groups in total. The Kier molecular flexibility index (Phi) is 3.56. The first-order valence-electron chi connectivity index (χ1n) is 3.71. The number of primary amides is 1. The molecule has 1 aromatic heterocycles. The number of carbonyl (C=O) groups excluding carboxylic acids is 1. The van der Waals surface area contributed by atoms with Crippen molar-refractivity contribution in [2.24, 2.45) is 5.73 Å². The van der Waals surface area contributed by atoms with Crippen LogP contribution in [0.3, 0.4) is 0 Å². The molecule has 2 nitrogen and oxygen atoms in total. The van der Waals surface area contributed by atoms with Crippen LogP contribution in [0.25, 0.3) is 0 Å². The van der Waals surface area contributed by atoms with Crippen molar-refractivity contribution in [1.82, 2.24) is 0 Å². The summed E-state index contributed by atoms with van der Waals surface area (Å²) >= 11 is 7.28. The maximum Gasteiger partial charge on any atom is 0.217 e. The number of thiophene rings is 1. The summed E-state index contributed by atoms with van der Waals surface area (Å²) in [6.45, 7) is 0. The molecule has 0 aromatic carbocycles. The number of carbonyl (C=O) groups is 1. The molecule has 0 spiro atoms. The lowest BCUT2D eigenvalue weighted by molar-refractivity contribution is -0.118. The summed E-state index contributed by atoms with van der Waals surface area (Å²) < 4.78 is 0.795. The summed E-state index contributed by atoms with van der Waals surface area (Å²) in [5.74, 6) is -0.238. The van der Waals surface area contributed by atoms with E-state index in [-0.39, 0.29) is 5.91 Å². The molecule has 1 amide bonds. The van der Waals surface area contributed by atoms with Crippen LogP contribution in [0.5, 0.6) is 0 Å². The maximum atomic E-state index is 10.4. The van der Waals surface area contributed by atoms with E-state index in [9.17, 15) is 4.79 Å². The van der Waals surface area contributed by atoms with Crippen molar-refractivity contribution < 1.29 is 4.79 Å². The minimum absolute atomic E-state index is 0.238. The van der Waals surface area contributed by atoms with Crippen molar-refractivity contribution in [2.75, 3.05) is 0 Å². The zero-order valence-corrected chi connectivity index (χ0v) is 8.12. The van der Waals surface area contributed by atoms with Gasteiger partial charge in [-0.3, -0.25) is 4.79 Å². The van der Waals surface area contributed by atoms with E-state index in [0.29, 0.717) is 6.42 Å². The fraction of sp³-hybridized carbons (Fsp3) is 0.375. The summed E-state index contributed by atoms with van der Waals surface area (Å²) in [6, 6.07) is 3.85. The molecule has 0 aliphatic heterocycles. The van der Waals surface area contributed by atoms with E-state index in [0.717, 1.165) is 17.2 Å². The number of hydrogen-bond acceptors (Lipinski definition) is 2. The Morgan fingerprint density at radius 2 is 2.33 bits per heavy atom. The second kappa shape index (κ2) is 4.48. The number of amides is 1. The highest BCUT2D eigenvalue weighted by Crippen LogP contribution is 2.22. The molecule has 1 rings (SSSR count). The molecule has 1 heterocycles. The highest BCUT2D eigenvalue weighted by Gasteiger charge is 1.99. The van der Waals surface area contributed by atoms with E-state index >= 15 is 0 Å². The second-order valence-corrected chi connectivity index (χ2v) is 4.33. The SMILES string of the molecule is NC(=O)CCCc1ccc(Cl)s1. The first-order chi connectivity index (χ1) is 5.68. The summed E-state index contributed by atoms with van der Waals surface area (Å²) in [5.41, 5.74) is 5.00. The first kappa shape index (κ1) is 9.55. The van der Waals surface area contributed by atoms with Crippen molar-refractivity contribution in [3.8, 4) is 0 Å². The Bertz CT molecular complexity index is 272. The van der Waals surface area contributed by atoms with E-state index in [1.807, 2.05) is 12.1 Å². The van der Waals surface area contributed by atoms with E-state index < -0.39 is 0 Å². The molecule has 0 saturated heterocycles. The van der Waals surface area contributed by atoms with Crippen LogP contribution >= 0.6 is 22.9 Å². The number of hydrogen-bond donors (Lipinski definition) is 1. The van der Waals surface area contributed by atoms with Crippen molar-refractivity contribution in [1.29, 1.82) is 0 Å². The van der Waals surface area contributed by atoms with Gasteiger partial charge in [-0.1, -0.05) is 11.6 Å². The Labute approximate surface area is 80.3 Å². The summed E-state index contributed by atoms with van der Waals surface area (Å²) in [7, 11) is 0. The standard InChI is InChI=1S/C8H10ClNOS/c9-7-5-4-6(12-7)2-1-3-8(10)11/h4-5H,1-3H2,(H2,10,11). The van der Waals surface area contributed by atoms with Crippen LogP contribution in [0.4, 0.5) is 0 Å². The molecule has 66 valence electrons. The topological polar surface area (TPSA) is 43.1 Å². The van der Waals surface area contributed by atoms with Crippen molar-refractivity contribution >= 4 is 28.8 Å². The average molecular weight is 204 g/mol. The monoisotopic (exact) mass is 203 g/mol. The molecule has 4 heteroatoms. The quantitative estimate of drug-likeness (QED) is 0.801. The molecule has 0 aliphatic rings. The Hall–Kier alpha value is -0.540. The van der Waals surface area contributed by atoms with Gasteiger partial charge in [0.15, 0.2) is 0 Å². The largest absolute Gasteiger partial charge is 0.370 e. The average Bonchev–Trinajstić information content (AvgIpc) is 2.35. The second-order valence-electron chi connectivity index (χ2n) is 2.53. The minimum Gasteiger partial charge on any atom is -0.370 e. The maximum absolute atomic E-state index is 10.4. The van der Waals surface area contributed by atoms with Gasteiger partial charge in [0.25, 0.3) is 0 Å². The van der Waals surface area contributed by atoms with E-state index in [4.69, 9.17) is 17.3 Å². The van der Waals surface area contributed by atoms with Crippen LogP contribution in [0, 0.1) is 0 Å². The number of rotatable bonds is 4. The van der Waals surface area contributed by atoms with Crippen LogP contribution in [-0.2, 0) is 11.2 Å². The highest BCUT2D eigenvalue weighted by atomic mass is 35.5. The van der Waals surface area contributed by atoms with Gasteiger partial charge in [0.2, 0.25) is 5.91 Å². The molecule has 0 atom stereocenters. The van der Waals surface area contributed by atoms with Gasteiger partial charge in [0.1, 0.15) is 0 Å². The number of aryl methyl sites for hydroxylation is 1. The van der Waals surface area contributed by atoms with Crippen molar-refractivity contribution in [2.45, 2.75) is 19.3 Å². The predicted octanol–water partition coefficient (Wildman–Crippen LogP) is 2.21. The van der Waals surface area contributed by atoms with Gasteiger partial charge in [-0.2, -0.15) is 0 Å². The fourth-order valence-electron chi connectivity index (χ4n) is 0.923. The third-order valence-electron chi connectivity index (χ3n) is 1.48. The number of halogens is 1. The zero-order valence-electron chi connectivity index (χ0n) is 6.55. The Morgan fingerprint density at radius 1 is 1.58 bits per heavy atom. The van der Waals surface area contributed by atoms with Gasteiger partial charge in [-0.05, 0) is 25.0 Å². The van der Waals surface area contributed by atoms with Gasteiger partial charge in [0, 0.05) is 11.3 Å². The molecule has 1 aromatic rings. The Balaban J connectivity index is 2.29. The molecule has 12 heavy (non-hydrogen) atoms. The lowest BCUT2D eigenvalue weighted by Crippen LogP contribution is -2.09. The molecule has 0 saturated carbocycles. The molecular weight excluding hydrogens is 194 g/mol. The van der Waals surface area contributed by atoms with Gasteiger partial charge in [-0.15, -0.1) is 11.3 Å². The molecule has 0 unspecified atom stereocenters. The van der Waals surface area contributed by atoms with Gasteiger partial charge < -0.3 is 5.73 Å². The fourth-order valence-corrected chi connectivity index (χ4v) is 2.05. The third-order valence-corrected chi connectivity index (χ3v) is 2.77. The van der Waals surface area contributed by atoms with Crippen LogP contribution in [0.15, 0.2) is 12.1 Å². The summed E-state index contributed by atoms with van der Waals surface area (Å²) in [6.07, 6.45) is 2.15. The molecule has 0 bridgehead atoms. The highest BCUT2D eigenvalue weighted by molar-refractivity contribution is 7.16. The van der Waals surface area contributed by atoms with Crippen LogP contribution in [0.2, 0.25) is 4.34 Å². The minimum atomic E-state index is -0.238. The van der Waals surface area contributed by atoms with Crippen molar-refractivity contribution in [3.05, 3.63) is 21.3 Å². The summed E-state index contributed by atoms with van der Waals surface area (Å²) in [4.78, 5) is 11.6.